The van der Waals surface area contributed by atoms with Gasteiger partial charge < -0.3 is 10.2 Å². The van der Waals surface area contributed by atoms with Crippen molar-refractivity contribution in [2.75, 3.05) is 33.2 Å². The van der Waals surface area contributed by atoms with Crippen LogP contribution in [0.15, 0.2) is 0 Å². The summed E-state index contributed by atoms with van der Waals surface area (Å²) in [6.07, 6.45) is 8.41. The highest BCUT2D eigenvalue weighted by Crippen LogP contribution is 2.36. The lowest BCUT2D eigenvalue weighted by Crippen LogP contribution is -2.45. The lowest BCUT2D eigenvalue weighted by Gasteiger charge is -2.41. The molecule has 18 heavy (non-hydrogen) atoms. The van der Waals surface area contributed by atoms with Gasteiger partial charge in [-0.1, -0.05) is 40.0 Å². The van der Waals surface area contributed by atoms with E-state index in [9.17, 15) is 0 Å². The molecular weight excluding hydrogens is 220 g/mol. The molecule has 0 aromatic heterocycles. The molecule has 0 heterocycles. The van der Waals surface area contributed by atoms with E-state index in [0.29, 0.717) is 5.41 Å². The van der Waals surface area contributed by atoms with Gasteiger partial charge in [-0.2, -0.15) is 0 Å². The number of rotatable bonds is 8. The van der Waals surface area contributed by atoms with Gasteiger partial charge in [0.1, 0.15) is 0 Å². The Morgan fingerprint density at radius 3 is 2.39 bits per heavy atom. The minimum absolute atomic E-state index is 0.553. The molecule has 0 radical (unpaired) electrons. The normalized spacial score (nSPS) is 19.7. The molecule has 0 aliphatic heterocycles. The van der Waals surface area contributed by atoms with Crippen molar-refractivity contribution >= 4 is 0 Å². The van der Waals surface area contributed by atoms with Crippen molar-refractivity contribution in [1.29, 1.82) is 0 Å². The van der Waals surface area contributed by atoms with Gasteiger partial charge in [-0.3, -0.25) is 0 Å². The molecule has 0 amide bonds. The molecule has 0 aromatic carbocycles. The molecule has 1 N–H and O–H groups in total. The molecule has 1 aliphatic rings. The molecule has 1 saturated carbocycles. The lowest BCUT2D eigenvalue weighted by molar-refractivity contribution is 0.111. The second-order valence-electron chi connectivity index (χ2n) is 6.83. The molecule has 1 rings (SSSR count). The average molecular weight is 254 g/mol. The van der Waals surface area contributed by atoms with Gasteiger partial charge in [0.25, 0.3) is 0 Å². The molecule has 2 heteroatoms. The van der Waals surface area contributed by atoms with Gasteiger partial charge in [-0.25, -0.2) is 0 Å². The first kappa shape index (κ1) is 16.0. The molecule has 1 aliphatic carbocycles. The summed E-state index contributed by atoms with van der Waals surface area (Å²) in [6.45, 7) is 11.8. The summed E-state index contributed by atoms with van der Waals surface area (Å²) in [5.74, 6) is 0.777. The van der Waals surface area contributed by atoms with E-state index in [1.165, 1.54) is 64.7 Å². The Morgan fingerprint density at radius 1 is 1.17 bits per heavy atom. The SMILES string of the molecule is CCCNCC1(CN(C)CC(C)C)CCCCC1. The van der Waals surface area contributed by atoms with Crippen molar-refractivity contribution in [3.8, 4) is 0 Å². The van der Waals surface area contributed by atoms with Gasteiger partial charge in [0, 0.05) is 19.6 Å². The number of nitrogens with one attached hydrogen (secondary N) is 1. The van der Waals surface area contributed by atoms with Gasteiger partial charge in [0.05, 0.1) is 0 Å². The molecule has 0 aromatic rings. The molecule has 0 unspecified atom stereocenters. The standard InChI is InChI=1S/C16H34N2/c1-5-11-17-13-16(9-7-6-8-10-16)14-18(4)12-15(2)3/h15,17H,5-14H2,1-4H3. The van der Waals surface area contributed by atoms with Crippen molar-refractivity contribution in [2.24, 2.45) is 11.3 Å². The summed E-state index contributed by atoms with van der Waals surface area (Å²) in [4.78, 5) is 2.56. The topological polar surface area (TPSA) is 15.3 Å². The Kier molecular flexibility index (Phi) is 7.25. The fourth-order valence-corrected chi connectivity index (χ4v) is 3.48. The summed E-state index contributed by atoms with van der Waals surface area (Å²) in [6, 6.07) is 0. The van der Waals surface area contributed by atoms with Crippen LogP contribution in [0.2, 0.25) is 0 Å². The smallest absolute Gasteiger partial charge is 0.00472 e. The third-order valence-corrected chi connectivity index (χ3v) is 4.12. The maximum atomic E-state index is 3.68. The molecule has 0 saturated heterocycles. The zero-order valence-electron chi connectivity index (χ0n) is 13.1. The summed E-state index contributed by atoms with van der Waals surface area (Å²) in [7, 11) is 2.30. The van der Waals surface area contributed by atoms with Gasteiger partial charge >= 0.3 is 0 Å². The quantitative estimate of drug-likeness (QED) is 0.667. The highest BCUT2D eigenvalue weighted by Gasteiger charge is 2.32. The zero-order valence-corrected chi connectivity index (χ0v) is 13.1. The molecular formula is C16H34N2. The van der Waals surface area contributed by atoms with Gasteiger partial charge in [-0.05, 0) is 44.2 Å². The van der Waals surface area contributed by atoms with Crippen LogP contribution in [0.25, 0.3) is 0 Å². The van der Waals surface area contributed by atoms with Crippen LogP contribution in [0.4, 0.5) is 0 Å². The predicted molar refractivity (Wildman–Crippen MR) is 81.0 cm³/mol. The maximum Gasteiger partial charge on any atom is 0.00472 e. The fraction of sp³-hybridized carbons (Fsp3) is 1.00. The number of nitrogens with zero attached hydrogens (tertiary/aromatic N) is 1. The minimum atomic E-state index is 0.553. The van der Waals surface area contributed by atoms with Crippen LogP contribution < -0.4 is 5.32 Å². The highest BCUT2D eigenvalue weighted by molar-refractivity contribution is 4.87. The highest BCUT2D eigenvalue weighted by atomic mass is 15.1. The van der Waals surface area contributed by atoms with E-state index in [2.05, 4.69) is 38.0 Å². The second-order valence-corrected chi connectivity index (χ2v) is 6.83. The molecule has 0 atom stereocenters. The van der Waals surface area contributed by atoms with Gasteiger partial charge in [-0.15, -0.1) is 0 Å². The molecule has 0 spiro atoms. The Hall–Kier alpha value is -0.0800. The summed E-state index contributed by atoms with van der Waals surface area (Å²) >= 11 is 0. The summed E-state index contributed by atoms with van der Waals surface area (Å²) in [5.41, 5.74) is 0.553. The van der Waals surface area contributed by atoms with E-state index < -0.39 is 0 Å². The van der Waals surface area contributed by atoms with Crippen LogP contribution in [-0.2, 0) is 0 Å². The third kappa shape index (κ3) is 5.71. The Balaban J connectivity index is 2.48. The average Bonchev–Trinajstić information content (AvgIpc) is 2.29. The van der Waals surface area contributed by atoms with Crippen molar-refractivity contribution in [3.63, 3.8) is 0 Å². The van der Waals surface area contributed by atoms with Crippen molar-refractivity contribution in [2.45, 2.75) is 59.3 Å². The van der Waals surface area contributed by atoms with Crippen molar-refractivity contribution in [1.82, 2.24) is 10.2 Å². The monoisotopic (exact) mass is 254 g/mol. The van der Waals surface area contributed by atoms with Crippen LogP contribution in [0, 0.1) is 11.3 Å². The first-order valence-corrected chi connectivity index (χ1v) is 7.97. The summed E-state index contributed by atoms with van der Waals surface area (Å²) < 4.78 is 0. The molecule has 108 valence electrons. The van der Waals surface area contributed by atoms with E-state index in [1.54, 1.807) is 0 Å². The van der Waals surface area contributed by atoms with E-state index in [4.69, 9.17) is 0 Å². The van der Waals surface area contributed by atoms with E-state index >= 15 is 0 Å². The molecule has 0 bridgehead atoms. The predicted octanol–water partition coefficient (Wildman–Crippen LogP) is 3.52. The zero-order chi connectivity index (χ0) is 13.4. The molecule has 2 nitrogen and oxygen atoms in total. The Bertz CT molecular complexity index is 207. The lowest BCUT2D eigenvalue weighted by atomic mass is 9.73. The van der Waals surface area contributed by atoms with Crippen LogP contribution in [0.3, 0.4) is 0 Å². The van der Waals surface area contributed by atoms with E-state index in [0.717, 1.165) is 5.92 Å². The van der Waals surface area contributed by atoms with Gasteiger partial charge in [0.15, 0.2) is 0 Å². The van der Waals surface area contributed by atoms with E-state index in [-0.39, 0.29) is 0 Å². The minimum Gasteiger partial charge on any atom is -0.316 e. The first-order valence-electron chi connectivity index (χ1n) is 7.97. The van der Waals surface area contributed by atoms with Gasteiger partial charge in [0.2, 0.25) is 0 Å². The van der Waals surface area contributed by atoms with Crippen molar-refractivity contribution in [3.05, 3.63) is 0 Å². The van der Waals surface area contributed by atoms with Crippen LogP contribution in [0.5, 0.6) is 0 Å². The third-order valence-electron chi connectivity index (χ3n) is 4.12. The second kappa shape index (κ2) is 8.16. The fourth-order valence-electron chi connectivity index (χ4n) is 3.48. The Labute approximate surface area is 115 Å². The maximum absolute atomic E-state index is 3.68. The Morgan fingerprint density at radius 2 is 1.83 bits per heavy atom. The van der Waals surface area contributed by atoms with Crippen LogP contribution in [-0.4, -0.2) is 38.1 Å². The first-order chi connectivity index (χ1) is 8.58. The van der Waals surface area contributed by atoms with E-state index in [1.807, 2.05) is 0 Å². The largest absolute Gasteiger partial charge is 0.316 e. The number of hydrogen-bond donors (Lipinski definition) is 1. The van der Waals surface area contributed by atoms with Crippen LogP contribution in [0.1, 0.15) is 59.3 Å². The van der Waals surface area contributed by atoms with Crippen molar-refractivity contribution < 1.29 is 0 Å². The molecule has 1 fully saturated rings. The summed E-state index contributed by atoms with van der Waals surface area (Å²) in [5, 5.41) is 3.68. The number of hydrogen-bond acceptors (Lipinski definition) is 2. The van der Waals surface area contributed by atoms with Crippen LogP contribution >= 0.6 is 0 Å².